The molecule has 0 aliphatic rings. The van der Waals surface area contributed by atoms with Crippen molar-refractivity contribution in [3.8, 4) is 22.3 Å². The summed E-state index contributed by atoms with van der Waals surface area (Å²) in [6, 6.07) is 21.1. The van der Waals surface area contributed by atoms with Gasteiger partial charge in [0.15, 0.2) is 0 Å². The van der Waals surface area contributed by atoms with Gasteiger partial charge in [0.25, 0.3) is 0 Å². The summed E-state index contributed by atoms with van der Waals surface area (Å²) in [6.45, 7) is 0. The molecule has 0 unspecified atom stereocenters. The van der Waals surface area contributed by atoms with Crippen LogP contribution in [0.5, 0.6) is 0 Å². The minimum absolute atomic E-state index is 1.07. The van der Waals surface area contributed by atoms with Crippen molar-refractivity contribution in [2.45, 2.75) is 0 Å². The van der Waals surface area contributed by atoms with Gasteiger partial charge in [-0.25, -0.2) is 0 Å². The lowest BCUT2D eigenvalue weighted by Gasteiger charge is -2.14. The Hall–Kier alpha value is -0.835. The predicted octanol–water partition coefficient (Wildman–Crippen LogP) is 5.57. The fourth-order valence-electron chi connectivity index (χ4n) is 2.52. The van der Waals surface area contributed by atoms with Gasteiger partial charge in [0.1, 0.15) is 7.85 Å². The Labute approximate surface area is 156 Å². The molecule has 3 rings (SSSR count). The quantitative estimate of drug-likeness (QED) is 0.423. The van der Waals surface area contributed by atoms with Crippen LogP contribution in [0.1, 0.15) is 0 Å². The number of halogens is 3. The summed E-state index contributed by atoms with van der Waals surface area (Å²) < 4.78 is 3.25. The Morgan fingerprint density at radius 1 is 0.545 bits per heavy atom. The van der Waals surface area contributed by atoms with Crippen LogP contribution in [0.3, 0.4) is 0 Å². The van der Waals surface area contributed by atoms with E-state index in [1.807, 2.05) is 6.07 Å². The van der Waals surface area contributed by atoms with Crippen molar-refractivity contribution in [1.29, 1.82) is 0 Å². The first-order chi connectivity index (χ1) is 10.6. The number of benzene rings is 3. The SMILES string of the molecule is Bc1ccccc1-c1cc(-c2ccccc2Br)c(Br)cc1Br. The summed E-state index contributed by atoms with van der Waals surface area (Å²) in [7, 11) is 2.14. The standard InChI is InChI=1S/C18H12BBr3/c19-15-7-3-1-5-11(15)13-9-14(18(22)10-17(13)21)12-6-2-4-8-16(12)20/h1-10H,19H2. The van der Waals surface area contributed by atoms with E-state index in [-0.39, 0.29) is 0 Å². The van der Waals surface area contributed by atoms with Gasteiger partial charge >= 0.3 is 0 Å². The number of rotatable bonds is 2. The average molecular weight is 479 g/mol. The molecule has 0 saturated heterocycles. The molecule has 0 spiro atoms. The van der Waals surface area contributed by atoms with Crippen molar-refractivity contribution in [2.75, 3.05) is 0 Å². The third-order valence-corrected chi connectivity index (χ3v) is 5.66. The molecular formula is C18H12BBr3. The highest BCUT2D eigenvalue weighted by atomic mass is 79.9. The Morgan fingerprint density at radius 2 is 1.09 bits per heavy atom. The highest BCUT2D eigenvalue weighted by Crippen LogP contribution is 2.39. The van der Waals surface area contributed by atoms with Gasteiger partial charge < -0.3 is 0 Å². The summed E-state index contributed by atoms with van der Waals surface area (Å²) in [5, 5.41) is 0. The lowest BCUT2D eigenvalue weighted by Crippen LogP contribution is -2.05. The molecule has 0 aromatic heterocycles. The third kappa shape index (κ3) is 3.10. The minimum Gasteiger partial charge on any atom is -0.0812 e. The van der Waals surface area contributed by atoms with Crippen LogP contribution in [0.15, 0.2) is 74.1 Å². The molecule has 4 heteroatoms. The van der Waals surface area contributed by atoms with Crippen LogP contribution in [0, 0.1) is 0 Å². The molecule has 0 nitrogen and oxygen atoms in total. The Bertz CT molecular complexity index is 777. The predicted molar refractivity (Wildman–Crippen MR) is 109 cm³/mol. The normalized spacial score (nSPS) is 10.7. The Morgan fingerprint density at radius 3 is 1.73 bits per heavy atom. The lowest BCUT2D eigenvalue weighted by molar-refractivity contribution is 1.52. The van der Waals surface area contributed by atoms with Gasteiger partial charge in [-0.2, -0.15) is 0 Å². The molecule has 0 amide bonds. The number of hydrogen-bond donors (Lipinski definition) is 0. The van der Waals surface area contributed by atoms with E-state index in [0.29, 0.717) is 0 Å². The average Bonchev–Trinajstić information content (AvgIpc) is 2.50. The van der Waals surface area contributed by atoms with Crippen molar-refractivity contribution < 1.29 is 0 Å². The number of hydrogen-bond acceptors (Lipinski definition) is 0. The monoisotopic (exact) mass is 476 g/mol. The van der Waals surface area contributed by atoms with Crippen molar-refractivity contribution in [3.63, 3.8) is 0 Å². The topological polar surface area (TPSA) is 0 Å². The van der Waals surface area contributed by atoms with E-state index in [1.165, 1.54) is 27.7 Å². The minimum atomic E-state index is 1.07. The fraction of sp³-hybridized carbons (Fsp3) is 0. The van der Waals surface area contributed by atoms with Crippen LogP contribution in [0.25, 0.3) is 22.3 Å². The van der Waals surface area contributed by atoms with Crippen LogP contribution in [0.4, 0.5) is 0 Å². The molecule has 3 aromatic carbocycles. The molecule has 0 fully saturated rings. The van der Waals surface area contributed by atoms with Gasteiger partial charge in [-0.1, -0.05) is 95.7 Å². The van der Waals surface area contributed by atoms with E-state index in [2.05, 4.69) is 110 Å². The molecule has 0 bridgehead atoms. The van der Waals surface area contributed by atoms with Crippen molar-refractivity contribution in [2.24, 2.45) is 0 Å². The van der Waals surface area contributed by atoms with E-state index in [9.17, 15) is 0 Å². The molecule has 0 aliphatic carbocycles. The van der Waals surface area contributed by atoms with Crippen LogP contribution in [-0.4, -0.2) is 7.85 Å². The van der Waals surface area contributed by atoms with Gasteiger partial charge in [0.05, 0.1) is 0 Å². The molecule has 0 saturated carbocycles. The molecule has 0 aliphatic heterocycles. The zero-order chi connectivity index (χ0) is 15.7. The van der Waals surface area contributed by atoms with E-state index in [4.69, 9.17) is 0 Å². The van der Waals surface area contributed by atoms with Crippen molar-refractivity contribution >= 4 is 61.1 Å². The van der Waals surface area contributed by atoms with E-state index < -0.39 is 0 Å². The highest BCUT2D eigenvalue weighted by Gasteiger charge is 2.13. The maximum absolute atomic E-state index is 3.70. The lowest BCUT2D eigenvalue weighted by atomic mass is 9.86. The summed E-state index contributed by atoms with van der Waals surface area (Å²) in [6.07, 6.45) is 0. The first kappa shape index (κ1) is 16.0. The summed E-state index contributed by atoms with van der Waals surface area (Å²) in [5.41, 5.74) is 6.07. The van der Waals surface area contributed by atoms with Crippen LogP contribution < -0.4 is 5.46 Å². The zero-order valence-corrected chi connectivity index (χ0v) is 16.7. The summed E-state index contributed by atoms with van der Waals surface area (Å²) in [4.78, 5) is 0. The summed E-state index contributed by atoms with van der Waals surface area (Å²) >= 11 is 11.0. The highest BCUT2D eigenvalue weighted by molar-refractivity contribution is 9.11. The first-order valence-electron chi connectivity index (χ1n) is 6.88. The van der Waals surface area contributed by atoms with Crippen molar-refractivity contribution in [3.05, 3.63) is 74.1 Å². The summed E-state index contributed by atoms with van der Waals surface area (Å²) in [5.74, 6) is 0. The molecule has 0 atom stereocenters. The van der Waals surface area contributed by atoms with Crippen LogP contribution in [-0.2, 0) is 0 Å². The molecule has 0 N–H and O–H groups in total. The second-order valence-electron chi connectivity index (χ2n) is 5.11. The van der Waals surface area contributed by atoms with Crippen LogP contribution >= 0.6 is 47.8 Å². The van der Waals surface area contributed by atoms with Crippen LogP contribution in [0.2, 0.25) is 0 Å². The van der Waals surface area contributed by atoms with Gasteiger partial charge in [0.2, 0.25) is 0 Å². The van der Waals surface area contributed by atoms with E-state index >= 15 is 0 Å². The van der Waals surface area contributed by atoms with Gasteiger partial charge in [-0.15, -0.1) is 0 Å². The molecule has 3 aromatic rings. The molecule has 22 heavy (non-hydrogen) atoms. The largest absolute Gasteiger partial charge is 0.140 e. The molecule has 0 radical (unpaired) electrons. The second-order valence-corrected chi connectivity index (χ2v) is 7.67. The fourth-order valence-corrected chi connectivity index (χ4v) is 4.44. The van der Waals surface area contributed by atoms with Gasteiger partial charge in [-0.05, 0) is 40.5 Å². The first-order valence-corrected chi connectivity index (χ1v) is 9.26. The van der Waals surface area contributed by atoms with E-state index in [0.717, 1.165) is 13.4 Å². The Kier molecular flexibility index (Phi) is 4.91. The molecular weight excluding hydrogens is 467 g/mol. The second kappa shape index (κ2) is 6.73. The van der Waals surface area contributed by atoms with Gasteiger partial charge in [0, 0.05) is 13.4 Å². The van der Waals surface area contributed by atoms with E-state index in [1.54, 1.807) is 0 Å². The third-order valence-electron chi connectivity index (χ3n) is 3.66. The van der Waals surface area contributed by atoms with Gasteiger partial charge in [-0.3, -0.25) is 0 Å². The maximum atomic E-state index is 3.70. The molecule has 108 valence electrons. The molecule has 0 heterocycles. The zero-order valence-electron chi connectivity index (χ0n) is 11.9. The van der Waals surface area contributed by atoms with Crippen molar-refractivity contribution in [1.82, 2.24) is 0 Å². The maximum Gasteiger partial charge on any atom is 0.140 e. The Balaban J connectivity index is 2.25. The smallest absolute Gasteiger partial charge is 0.0812 e.